The van der Waals surface area contributed by atoms with Crippen LogP contribution in [0, 0.1) is 11.8 Å². The number of carbonyl (C=O) groups excluding carboxylic acids is 2. The van der Waals surface area contributed by atoms with E-state index >= 15 is 0 Å². The maximum absolute atomic E-state index is 12.1. The van der Waals surface area contributed by atoms with Crippen molar-refractivity contribution in [3.05, 3.63) is 21.9 Å². The molecule has 0 saturated carbocycles. The molecule has 1 fully saturated rings. The molecular formula is C14H16N2O3S. The van der Waals surface area contributed by atoms with Crippen molar-refractivity contribution in [2.45, 2.75) is 25.4 Å². The summed E-state index contributed by atoms with van der Waals surface area (Å²) < 4.78 is 0. The molecule has 106 valence electrons. The van der Waals surface area contributed by atoms with E-state index in [9.17, 15) is 9.59 Å². The van der Waals surface area contributed by atoms with Crippen molar-refractivity contribution in [2.24, 2.45) is 0 Å². The minimum absolute atomic E-state index is 0.0607. The normalized spacial score (nSPS) is 17.3. The molecule has 2 N–H and O–H groups in total. The van der Waals surface area contributed by atoms with E-state index in [1.54, 1.807) is 11.9 Å². The highest BCUT2D eigenvalue weighted by Crippen LogP contribution is 2.17. The fourth-order valence-electron chi connectivity index (χ4n) is 2.05. The Labute approximate surface area is 121 Å². The topological polar surface area (TPSA) is 69.6 Å². The molecule has 1 aliphatic heterocycles. The van der Waals surface area contributed by atoms with Crippen LogP contribution in [0.1, 0.15) is 23.3 Å². The maximum atomic E-state index is 12.1. The van der Waals surface area contributed by atoms with Gasteiger partial charge in [-0.25, -0.2) is 0 Å². The molecule has 2 heterocycles. The summed E-state index contributed by atoms with van der Waals surface area (Å²) in [6.07, 6.45) is 0.990. The van der Waals surface area contributed by atoms with Crippen LogP contribution in [0.15, 0.2) is 11.4 Å². The molecule has 1 aliphatic rings. The van der Waals surface area contributed by atoms with E-state index in [0.29, 0.717) is 19.4 Å². The second-order valence-corrected chi connectivity index (χ2v) is 5.61. The van der Waals surface area contributed by atoms with E-state index in [1.165, 1.54) is 11.3 Å². The summed E-state index contributed by atoms with van der Waals surface area (Å²) in [5, 5.41) is 13.2. The Morgan fingerprint density at radius 2 is 2.45 bits per heavy atom. The quantitative estimate of drug-likeness (QED) is 0.789. The monoisotopic (exact) mass is 292 g/mol. The molecule has 1 atom stereocenters. The number of aliphatic hydroxyl groups excluding tert-OH is 1. The molecule has 0 spiro atoms. The van der Waals surface area contributed by atoms with Gasteiger partial charge in [-0.15, -0.1) is 11.3 Å². The summed E-state index contributed by atoms with van der Waals surface area (Å²) in [7, 11) is 1.73. The lowest BCUT2D eigenvalue weighted by atomic mass is 10.2. The van der Waals surface area contributed by atoms with Gasteiger partial charge in [0.25, 0.3) is 0 Å². The standard InChI is InChI=1S/C14H16N2O3S/c1-16(14(19)12-4-5-13(18)15-12)8-11-7-10(9-20-11)3-2-6-17/h7,9,12,17H,4-6,8H2,1H3,(H,15,18). The first-order valence-electron chi connectivity index (χ1n) is 6.31. The zero-order valence-electron chi connectivity index (χ0n) is 11.2. The Balaban J connectivity index is 1.93. The Morgan fingerprint density at radius 1 is 1.65 bits per heavy atom. The van der Waals surface area contributed by atoms with E-state index < -0.39 is 0 Å². The van der Waals surface area contributed by atoms with Crippen molar-refractivity contribution in [2.75, 3.05) is 13.7 Å². The molecule has 6 heteroatoms. The number of amides is 2. The Bertz CT molecular complexity index is 570. The third kappa shape index (κ3) is 3.59. The number of aliphatic hydroxyl groups is 1. The van der Waals surface area contributed by atoms with Crippen LogP contribution in [0.2, 0.25) is 0 Å². The Kier molecular flexibility index (Phi) is 4.77. The van der Waals surface area contributed by atoms with Gasteiger partial charge in [0.05, 0.1) is 6.54 Å². The van der Waals surface area contributed by atoms with Crippen molar-refractivity contribution < 1.29 is 14.7 Å². The summed E-state index contributed by atoms with van der Waals surface area (Å²) in [5.41, 5.74) is 0.842. The number of carbonyl (C=O) groups is 2. The van der Waals surface area contributed by atoms with Gasteiger partial charge >= 0.3 is 0 Å². The van der Waals surface area contributed by atoms with Crippen LogP contribution in [0.4, 0.5) is 0 Å². The largest absolute Gasteiger partial charge is 0.384 e. The molecule has 1 aromatic heterocycles. The number of rotatable bonds is 3. The summed E-state index contributed by atoms with van der Waals surface area (Å²) in [4.78, 5) is 25.9. The van der Waals surface area contributed by atoms with Crippen LogP contribution < -0.4 is 5.32 Å². The minimum atomic E-state index is -0.388. The number of hydrogen-bond acceptors (Lipinski definition) is 4. The second-order valence-electron chi connectivity index (χ2n) is 4.61. The lowest BCUT2D eigenvalue weighted by Crippen LogP contribution is -2.42. The van der Waals surface area contributed by atoms with Crippen LogP contribution >= 0.6 is 11.3 Å². The minimum Gasteiger partial charge on any atom is -0.384 e. The Hall–Kier alpha value is -1.84. The average molecular weight is 292 g/mol. The number of nitrogens with one attached hydrogen (secondary N) is 1. The molecule has 5 nitrogen and oxygen atoms in total. The molecule has 0 aliphatic carbocycles. The average Bonchev–Trinajstić information content (AvgIpc) is 3.04. The number of thiophene rings is 1. The Morgan fingerprint density at radius 3 is 3.10 bits per heavy atom. The lowest BCUT2D eigenvalue weighted by molar-refractivity contribution is -0.133. The first kappa shape index (κ1) is 14.6. The molecule has 0 bridgehead atoms. The molecule has 20 heavy (non-hydrogen) atoms. The predicted octanol–water partition coefficient (Wildman–Crippen LogP) is 0.329. The van der Waals surface area contributed by atoms with Crippen molar-refractivity contribution >= 4 is 23.2 Å². The highest BCUT2D eigenvalue weighted by molar-refractivity contribution is 7.10. The fourth-order valence-corrected chi connectivity index (χ4v) is 2.92. The number of likely N-dealkylation sites (N-methyl/N-ethyl adjacent to an activating group) is 1. The first-order valence-corrected chi connectivity index (χ1v) is 7.19. The first-order chi connectivity index (χ1) is 9.60. The van der Waals surface area contributed by atoms with E-state index in [1.807, 2.05) is 11.4 Å². The van der Waals surface area contributed by atoms with Crippen LogP contribution in [-0.2, 0) is 16.1 Å². The van der Waals surface area contributed by atoms with Gasteiger partial charge in [0.1, 0.15) is 12.6 Å². The van der Waals surface area contributed by atoms with Gasteiger partial charge in [-0.2, -0.15) is 0 Å². The molecule has 0 aromatic carbocycles. The van der Waals surface area contributed by atoms with Gasteiger partial charge in [-0.1, -0.05) is 11.8 Å². The summed E-state index contributed by atoms with van der Waals surface area (Å²) >= 11 is 1.52. The third-order valence-corrected chi connectivity index (χ3v) is 3.95. The highest BCUT2D eigenvalue weighted by Gasteiger charge is 2.29. The SMILES string of the molecule is CN(Cc1cc(C#CCO)cs1)C(=O)C1CCC(=O)N1. The predicted molar refractivity (Wildman–Crippen MR) is 75.9 cm³/mol. The third-order valence-electron chi connectivity index (χ3n) is 3.03. The molecule has 2 amide bonds. The van der Waals surface area contributed by atoms with E-state index in [4.69, 9.17) is 5.11 Å². The lowest BCUT2D eigenvalue weighted by Gasteiger charge is -2.20. The second kappa shape index (κ2) is 6.55. The summed E-state index contributed by atoms with van der Waals surface area (Å²) in [5.74, 6) is 5.29. The molecule has 2 rings (SSSR count). The van der Waals surface area contributed by atoms with Crippen LogP contribution in [0.5, 0.6) is 0 Å². The van der Waals surface area contributed by atoms with Gasteiger partial charge in [0.2, 0.25) is 11.8 Å². The molecule has 1 unspecified atom stereocenters. The van der Waals surface area contributed by atoms with Gasteiger partial charge in [-0.05, 0) is 12.5 Å². The van der Waals surface area contributed by atoms with Crippen molar-refractivity contribution in [1.29, 1.82) is 0 Å². The van der Waals surface area contributed by atoms with E-state index in [2.05, 4.69) is 17.2 Å². The van der Waals surface area contributed by atoms with Crippen molar-refractivity contribution in [3.8, 4) is 11.8 Å². The summed E-state index contributed by atoms with van der Waals surface area (Å²) in [6, 6.07) is 1.52. The smallest absolute Gasteiger partial charge is 0.245 e. The zero-order valence-corrected chi connectivity index (χ0v) is 12.0. The molecular weight excluding hydrogens is 276 g/mol. The molecule has 0 radical (unpaired) electrons. The van der Waals surface area contributed by atoms with Gasteiger partial charge in [0, 0.05) is 29.3 Å². The van der Waals surface area contributed by atoms with Gasteiger partial charge in [0.15, 0.2) is 0 Å². The number of nitrogens with zero attached hydrogens (tertiary/aromatic N) is 1. The van der Waals surface area contributed by atoms with Crippen LogP contribution in [-0.4, -0.2) is 41.5 Å². The maximum Gasteiger partial charge on any atom is 0.245 e. The molecule has 1 aromatic rings. The zero-order chi connectivity index (χ0) is 14.5. The summed E-state index contributed by atoms with van der Waals surface area (Å²) in [6.45, 7) is 0.335. The van der Waals surface area contributed by atoms with E-state index in [0.717, 1.165) is 10.4 Å². The van der Waals surface area contributed by atoms with Gasteiger partial charge < -0.3 is 15.3 Å². The number of hydrogen-bond donors (Lipinski definition) is 2. The van der Waals surface area contributed by atoms with E-state index in [-0.39, 0.29) is 24.5 Å². The van der Waals surface area contributed by atoms with Crippen molar-refractivity contribution in [1.82, 2.24) is 10.2 Å². The molecule has 1 saturated heterocycles. The highest BCUT2D eigenvalue weighted by atomic mass is 32.1. The fraction of sp³-hybridized carbons (Fsp3) is 0.429. The van der Waals surface area contributed by atoms with Gasteiger partial charge in [-0.3, -0.25) is 9.59 Å². The van der Waals surface area contributed by atoms with Crippen LogP contribution in [0.3, 0.4) is 0 Å². The van der Waals surface area contributed by atoms with Crippen molar-refractivity contribution in [3.63, 3.8) is 0 Å². The van der Waals surface area contributed by atoms with Crippen LogP contribution in [0.25, 0.3) is 0 Å².